The maximum Gasteiger partial charge on any atom is 0.249 e. The molecule has 146 valence electrons. The number of carbonyl (C=O) groups is 1. The Kier molecular flexibility index (Phi) is 6.75. The van der Waals surface area contributed by atoms with E-state index in [4.69, 9.17) is 16.3 Å². The largest absolute Gasteiger partial charge is 0.369 e. The highest BCUT2D eigenvalue weighted by atomic mass is 35.5. The van der Waals surface area contributed by atoms with E-state index in [1.54, 1.807) is 32.9 Å². The van der Waals surface area contributed by atoms with Gasteiger partial charge in [-0.25, -0.2) is 8.42 Å². The Hall–Kier alpha value is -1.11. The normalized spacial score (nSPS) is 20.3. The van der Waals surface area contributed by atoms with E-state index in [0.717, 1.165) is 5.56 Å². The van der Waals surface area contributed by atoms with Crippen LogP contribution in [0.3, 0.4) is 0 Å². The SMILES string of the molecule is CC[C@@H](CCS(=O)(=O)C(C)(C)C)N1C(=O)COCC1c1ccc(Cl)cc1. The van der Waals surface area contributed by atoms with Gasteiger partial charge in [0.25, 0.3) is 0 Å². The zero-order valence-corrected chi connectivity index (χ0v) is 17.4. The van der Waals surface area contributed by atoms with Gasteiger partial charge in [0.15, 0.2) is 9.84 Å². The van der Waals surface area contributed by atoms with Gasteiger partial charge in [-0.2, -0.15) is 0 Å². The van der Waals surface area contributed by atoms with Crippen LogP contribution in [-0.2, 0) is 19.4 Å². The molecule has 1 heterocycles. The summed E-state index contributed by atoms with van der Waals surface area (Å²) in [7, 11) is -3.23. The Morgan fingerprint density at radius 3 is 2.42 bits per heavy atom. The average Bonchev–Trinajstić information content (AvgIpc) is 2.56. The molecule has 1 unspecified atom stereocenters. The van der Waals surface area contributed by atoms with Crippen molar-refractivity contribution in [2.24, 2.45) is 0 Å². The van der Waals surface area contributed by atoms with Crippen LogP contribution in [0.25, 0.3) is 0 Å². The lowest BCUT2D eigenvalue weighted by atomic mass is 10.00. The number of hydrogen-bond donors (Lipinski definition) is 0. The van der Waals surface area contributed by atoms with Crippen LogP contribution in [0.1, 0.15) is 52.1 Å². The van der Waals surface area contributed by atoms with Gasteiger partial charge < -0.3 is 9.64 Å². The van der Waals surface area contributed by atoms with E-state index in [1.807, 2.05) is 24.0 Å². The van der Waals surface area contributed by atoms with Crippen molar-refractivity contribution in [2.75, 3.05) is 19.0 Å². The van der Waals surface area contributed by atoms with Crippen molar-refractivity contribution in [2.45, 2.75) is 57.4 Å². The first-order valence-electron chi connectivity index (χ1n) is 8.93. The van der Waals surface area contributed by atoms with Crippen molar-refractivity contribution in [1.82, 2.24) is 4.90 Å². The molecule has 1 fully saturated rings. The summed E-state index contributed by atoms with van der Waals surface area (Å²) in [5.74, 6) is -0.0383. The molecule has 7 heteroatoms. The van der Waals surface area contributed by atoms with Gasteiger partial charge in [-0.3, -0.25) is 4.79 Å². The second kappa shape index (κ2) is 8.28. The van der Waals surface area contributed by atoms with Crippen LogP contribution in [0.4, 0.5) is 0 Å². The van der Waals surface area contributed by atoms with Crippen molar-refractivity contribution < 1.29 is 17.9 Å². The highest BCUT2D eigenvalue weighted by Crippen LogP contribution is 2.30. The van der Waals surface area contributed by atoms with E-state index < -0.39 is 14.6 Å². The minimum absolute atomic E-state index is 0.0343. The predicted molar refractivity (Wildman–Crippen MR) is 104 cm³/mol. The number of morpholine rings is 1. The third-order valence-corrected chi connectivity index (χ3v) is 7.79. The Morgan fingerprint density at radius 1 is 1.27 bits per heavy atom. The second-order valence-electron chi connectivity index (χ2n) is 7.67. The lowest BCUT2D eigenvalue weighted by Gasteiger charge is -2.41. The Balaban J connectivity index is 2.24. The molecule has 26 heavy (non-hydrogen) atoms. The van der Waals surface area contributed by atoms with E-state index in [-0.39, 0.29) is 30.4 Å². The van der Waals surface area contributed by atoms with Crippen molar-refractivity contribution >= 4 is 27.3 Å². The summed E-state index contributed by atoms with van der Waals surface area (Å²) >= 11 is 5.97. The molecule has 1 amide bonds. The molecule has 0 spiro atoms. The topological polar surface area (TPSA) is 63.7 Å². The molecule has 1 saturated heterocycles. The molecule has 2 rings (SSSR count). The molecular weight excluding hydrogens is 374 g/mol. The highest BCUT2D eigenvalue weighted by molar-refractivity contribution is 7.92. The predicted octanol–water partition coefficient (Wildman–Crippen LogP) is 3.62. The number of sulfone groups is 1. The van der Waals surface area contributed by atoms with Crippen LogP contribution >= 0.6 is 11.6 Å². The fourth-order valence-electron chi connectivity index (χ4n) is 3.12. The molecule has 0 radical (unpaired) electrons. The van der Waals surface area contributed by atoms with Gasteiger partial charge in [0.1, 0.15) is 6.61 Å². The summed E-state index contributed by atoms with van der Waals surface area (Å²) in [5, 5.41) is 0.631. The number of ether oxygens (including phenoxy) is 1. The van der Waals surface area contributed by atoms with E-state index >= 15 is 0 Å². The maximum absolute atomic E-state index is 12.6. The number of carbonyl (C=O) groups excluding carboxylic acids is 1. The number of nitrogens with zero attached hydrogens (tertiary/aromatic N) is 1. The monoisotopic (exact) mass is 401 g/mol. The summed E-state index contributed by atoms with van der Waals surface area (Å²) < 4.78 is 29.6. The van der Waals surface area contributed by atoms with Gasteiger partial charge in [-0.1, -0.05) is 30.7 Å². The van der Waals surface area contributed by atoms with Crippen LogP contribution < -0.4 is 0 Å². The van der Waals surface area contributed by atoms with Crippen LogP contribution in [-0.4, -0.2) is 49.0 Å². The van der Waals surface area contributed by atoms with Crippen molar-refractivity contribution in [3.8, 4) is 0 Å². The molecule has 0 bridgehead atoms. The van der Waals surface area contributed by atoms with Crippen LogP contribution in [0.15, 0.2) is 24.3 Å². The van der Waals surface area contributed by atoms with Crippen molar-refractivity contribution in [1.29, 1.82) is 0 Å². The molecule has 0 saturated carbocycles. The first-order chi connectivity index (χ1) is 12.1. The van der Waals surface area contributed by atoms with Gasteiger partial charge in [0, 0.05) is 11.1 Å². The lowest BCUT2D eigenvalue weighted by molar-refractivity contribution is -0.152. The lowest BCUT2D eigenvalue weighted by Crippen LogP contribution is -2.50. The van der Waals surface area contributed by atoms with E-state index in [1.165, 1.54) is 0 Å². The van der Waals surface area contributed by atoms with Gasteiger partial charge >= 0.3 is 0 Å². The standard InChI is InChI=1S/C19H28ClNO4S/c1-5-16(10-11-26(23,24)19(2,3)4)21-17(12-25-13-18(21)22)14-6-8-15(20)9-7-14/h6-9,16-17H,5,10-13H2,1-4H3/t16-,17?/m0/s1. The molecule has 2 atom stereocenters. The highest BCUT2D eigenvalue weighted by Gasteiger charge is 2.36. The summed E-state index contributed by atoms with van der Waals surface area (Å²) in [6.45, 7) is 7.54. The number of halogens is 1. The summed E-state index contributed by atoms with van der Waals surface area (Å²) in [6.07, 6.45) is 1.11. The zero-order valence-electron chi connectivity index (χ0n) is 15.9. The first-order valence-corrected chi connectivity index (χ1v) is 11.0. The molecule has 0 aliphatic carbocycles. The van der Waals surface area contributed by atoms with Gasteiger partial charge in [-0.15, -0.1) is 0 Å². The van der Waals surface area contributed by atoms with Crippen molar-refractivity contribution in [3.63, 3.8) is 0 Å². The first kappa shape index (κ1) is 21.2. The van der Waals surface area contributed by atoms with Crippen LogP contribution in [0.2, 0.25) is 5.02 Å². The molecule has 0 N–H and O–H groups in total. The zero-order chi connectivity index (χ0) is 19.5. The third-order valence-electron chi connectivity index (χ3n) is 4.90. The molecule has 1 aromatic carbocycles. The molecule has 0 aromatic heterocycles. The average molecular weight is 402 g/mol. The summed E-state index contributed by atoms with van der Waals surface area (Å²) in [6, 6.07) is 6.99. The molecular formula is C19H28ClNO4S. The number of amides is 1. The second-order valence-corrected chi connectivity index (χ2v) is 11.0. The Bertz CT molecular complexity index is 725. The Labute approximate surface area is 161 Å². The van der Waals surface area contributed by atoms with E-state index in [2.05, 4.69) is 0 Å². The van der Waals surface area contributed by atoms with Crippen LogP contribution in [0.5, 0.6) is 0 Å². The number of benzene rings is 1. The molecule has 1 aromatic rings. The maximum atomic E-state index is 12.6. The minimum Gasteiger partial charge on any atom is -0.369 e. The summed E-state index contributed by atoms with van der Waals surface area (Å²) in [4.78, 5) is 14.4. The van der Waals surface area contributed by atoms with Gasteiger partial charge in [0.05, 0.1) is 23.1 Å². The Morgan fingerprint density at radius 2 is 1.88 bits per heavy atom. The minimum atomic E-state index is -3.23. The third kappa shape index (κ3) is 4.78. The quantitative estimate of drug-likeness (QED) is 0.730. The molecule has 1 aliphatic rings. The van der Waals surface area contributed by atoms with Crippen LogP contribution in [0, 0.1) is 0 Å². The number of rotatable bonds is 6. The van der Waals surface area contributed by atoms with E-state index in [0.29, 0.717) is 24.5 Å². The van der Waals surface area contributed by atoms with Crippen molar-refractivity contribution in [3.05, 3.63) is 34.9 Å². The van der Waals surface area contributed by atoms with Gasteiger partial charge in [0.2, 0.25) is 5.91 Å². The molecule has 1 aliphatic heterocycles. The number of hydrogen-bond acceptors (Lipinski definition) is 4. The fourth-order valence-corrected chi connectivity index (χ4v) is 4.44. The van der Waals surface area contributed by atoms with Gasteiger partial charge in [-0.05, 0) is 51.3 Å². The molecule has 5 nitrogen and oxygen atoms in total. The summed E-state index contributed by atoms with van der Waals surface area (Å²) in [5.41, 5.74) is 0.944. The fraction of sp³-hybridized carbons (Fsp3) is 0.632. The smallest absolute Gasteiger partial charge is 0.249 e. The van der Waals surface area contributed by atoms with E-state index in [9.17, 15) is 13.2 Å².